The molecule has 1 atom stereocenters. The summed E-state index contributed by atoms with van der Waals surface area (Å²) in [6.45, 7) is 4.16. The van der Waals surface area contributed by atoms with Crippen LogP contribution in [0.5, 0.6) is 0 Å². The van der Waals surface area contributed by atoms with Crippen LogP contribution in [0.15, 0.2) is 76.8 Å². The van der Waals surface area contributed by atoms with Crippen LogP contribution in [0.3, 0.4) is 0 Å². The van der Waals surface area contributed by atoms with Crippen LogP contribution in [0.2, 0.25) is 5.02 Å². The van der Waals surface area contributed by atoms with Crippen molar-refractivity contribution in [2.75, 3.05) is 31.1 Å². The number of anilines is 1. The van der Waals surface area contributed by atoms with Crippen LogP contribution in [-0.2, 0) is 6.42 Å². The molecule has 2 aromatic carbocycles. The van der Waals surface area contributed by atoms with Crippen molar-refractivity contribution in [2.45, 2.75) is 22.3 Å². The molecule has 3 nitrogen and oxygen atoms in total. The van der Waals surface area contributed by atoms with Gasteiger partial charge in [0.05, 0.1) is 0 Å². The van der Waals surface area contributed by atoms with Gasteiger partial charge in [0.25, 0.3) is 0 Å². The highest BCUT2D eigenvalue weighted by atomic mass is 35.5. The first kappa shape index (κ1) is 18.0. The van der Waals surface area contributed by atoms with E-state index in [-0.39, 0.29) is 0 Å². The summed E-state index contributed by atoms with van der Waals surface area (Å²) in [5.74, 6) is 0. The first-order valence-corrected chi connectivity index (χ1v) is 10.9. The fraction of sp³-hybridized carbons (Fsp3) is 0.261. The normalized spacial score (nSPS) is 19.6. The Labute approximate surface area is 175 Å². The molecule has 28 heavy (non-hydrogen) atoms. The molecular weight excluding hydrogens is 386 g/mol. The van der Waals surface area contributed by atoms with Crippen LogP contribution in [0.4, 0.5) is 5.69 Å². The van der Waals surface area contributed by atoms with E-state index in [1.54, 1.807) is 0 Å². The Bertz CT molecular complexity index is 971. The molecule has 1 unspecified atom stereocenters. The maximum Gasteiger partial charge on any atom is 0.0410 e. The minimum Gasteiger partial charge on any atom is -0.369 e. The van der Waals surface area contributed by atoms with Crippen molar-refractivity contribution in [3.63, 3.8) is 0 Å². The molecule has 1 saturated heterocycles. The lowest BCUT2D eigenvalue weighted by molar-refractivity contribution is 0.182. The summed E-state index contributed by atoms with van der Waals surface area (Å²) in [5.41, 5.74) is 4.06. The van der Waals surface area contributed by atoms with Crippen LogP contribution < -0.4 is 4.90 Å². The minimum absolute atomic E-state index is 0.365. The molecule has 0 bridgehead atoms. The van der Waals surface area contributed by atoms with Crippen LogP contribution in [0.25, 0.3) is 0 Å². The molecule has 2 aliphatic heterocycles. The second-order valence-electron chi connectivity index (χ2n) is 7.34. The number of hydrogen-bond donors (Lipinski definition) is 0. The number of benzene rings is 2. The molecule has 0 saturated carbocycles. The third-order valence-electron chi connectivity index (χ3n) is 5.72. The van der Waals surface area contributed by atoms with E-state index >= 15 is 0 Å². The molecular formula is C23H22ClN3S. The van der Waals surface area contributed by atoms with E-state index in [1.165, 1.54) is 26.6 Å². The lowest BCUT2D eigenvalue weighted by atomic mass is 9.96. The summed E-state index contributed by atoms with van der Waals surface area (Å²) in [5, 5.41) is 0.825. The molecule has 142 valence electrons. The van der Waals surface area contributed by atoms with E-state index < -0.39 is 0 Å². The van der Waals surface area contributed by atoms with Gasteiger partial charge in [0.15, 0.2) is 0 Å². The first-order chi connectivity index (χ1) is 13.8. The van der Waals surface area contributed by atoms with Gasteiger partial charge in [0.1, 0.15) is 0 Å². The highest BCUT2D eigenvalue weighted by Gasteiger charge is 2.30. The zero-order valence-corrected chi connectivity index (χ0v) is 17.2. The van der Waals surface area contributed by atoms with Crippen molar-refractivity contribution >= 4 is 29.1 Å². The van der Waals surface area contributed by atoms with Gasteiger partial charge in [0.2, 0.25) is 0 Å². The molecule has 3 aromatic rings. The maximum absolute atomic E-state index is 6.41. The number of rotatable bonds is 2. The zero-order valence-electron chi connectivity index (χ0n) is 15.6. The molecule has 1 aromatic heterocycles. The van der Waals surface area contributed by atoms with Crippen molar-refractivity contribution < 1.29 is 0 Å². The summed E-state index contributed by atoms with van der Waals surface area (Å²) in [6, 6.07) is 19.7. The lowest BCUT2D eigenvalue weighted by Crippen LogP contribution is -2.48. The SMILES string of the molecule is Clc1ccc2c(c1)C(N1CCN(c3ccncc3)CC1)Cc1ccccc1S2. The molecule has 0 amide bonds. The van der Waals surface area contributed by atoms with Crippen molar-refractivity contribution in [1.29, 1.82) is 0 Å². The summed E-state index contributed by atoms with van der Waals surface area (Å²) in [4.78, 5) is 11.9. The molecule has 0 radical (unpaired) electrons. The van der Waals surface area contributed by atoms with Crippen molar-refractivity contribution in [1.82, 2.24) is 9.88 Å². The maximum atomic E-state index is 6.41. The van der Waals surface area contributed by atoms with E-state index in [0.717, 1.165) is 37.6 Å². The zero-order chi connectivity index (χ0) is 18.9. The molecule has 5 heteroatoms. The molecule has 0 aliphatic carbocycles. The predicted molar refractivity (Wildman–Crippen MR) is 116 cm³/mol. The van der Waals surface area contributed by atoms with Crippen LogP contribution in [-0.4, -0.2) is 36.1 Å². The molecule has 3 heterocycles. The van der Waals surface area contributed by atoms with Gasteiger partial charge in [-0.15, -0.1) is 0 Å². The third kappa shape index (κ3) is 3.52. The topological polar surface area (TPSA) is 19.4 Å². The molecule has 0 spiro atoms. The van der Waals surface area contributed by atoms with Gasteiger partial charge in [-0.2, -0.15) is 0 Å². The number of piperazine rings is 1. The van der Waals surface area contributed by atoms with Gasteiger partial charge in [-0.25, -0.2) is 0 Å². The molecule has 1 fully saturated rings. The Morgan fingerprint density at radius 1 is 0.893 bits per heavy atom. The fourth-order valence-corrected chi connectivity index (χ4v) is 5.55. The predicted octanol–water partition coefficient (Wildman–Crippen LogP) is 5.31. The van der Waals surface area contributed by atoms with E-state index in [2.05, 4.69) is 63.3 Å². The number of pyridine rings is 1. The van der Waals surface area contributed by atoms with Gasteiger partial charge in [-0.05, 0) is 53.9 Å². The Kier molecular flexibility index (Phi) is 5.02. The second kappa shape index (κ2) is 7.78. The monoisotopic (exact) mass is 407 g/mol. The van der Waals surface area contributed by atoms with E-state index in [0.29, 0.717) is 6.04 Å². The Morgan fingerprint density at radius 3 is 2.50 bits per heavy atom. The highest BCUT2D eigenvalue weighted by Crippen LogP contribution is 2.43. The van der Waals surface area contributed by atoms with Crippen LogP contribution >= 0.6 is 23.4 Å². The molecule has 0 N–H and O–H groups in total. The van der Waals surface area contributed by atoms with Crippen molar-refractivity contribution in [3.05, 3.63) is 83.1 Å². The van der Waals surface area contributed by atoms with Gasteiger partial charge < -0.3 is 4.90 Å². The number of fused-ring (bicyclic) bond motifs is 2. The van der Waals surface area contributed by atoms with Gasteiger partial charge in [-0.1, -0.05) is 41.6 Å². The lowest BCUT2D eigenvalue weighted by Gasteiger charge is -2.40. The van der Waals surface area contributed by atoms with E-state index in [1.807, 2.05) is 30.2 Å². The summed E-state index contributed by atoms with van der Waals surface area (Å²) in [7, 11) is 0. The Hall–Kier alpha value is -2.01. The van der Waals surface area contributed by atoms with Crippen LogP contribution in [0.1, 0.15) is 17.2 Å². The molecule has 2 aliphatic rings. The second-order valence-corrected chi connectivity index (χ2v) is 8.86. The minimum atomic E-state index is 0.365. The van der Waals surface area contributed by atoms with E-state index in [4.69, 9.17) is 11.6 Å². The molecule has 5 rings (SSSR count). The summed E-state index contributed by atoms with van der Waals surface area (Å²) in [6.07, 6.45) is 4.78. The Morgan fingerprint density at radius 2 is 1.68 bits per heavy atom. The number of nitrogens with zero attached hydrogens (tertiary/aromatic N) is 3. The van der Waals surface area contributed by atoms with Crippen LogP contribution in [0, 0.1) is 0 Å². The highest BCUT2D eigenvalue weighted by molar-refractivity contribution is 7.99. The number of halogens is 1. The van der Waals surface area contributed by atoms with E-state index in [9.17, 15) is 0 Å². The average molecular weight is 408 g/mol. The first-order valence-electron chi connectivity index (χ1n) is 9.72. The van der Waals surface area contributed by atoms with Gasteiger partial charge in [0, 0.05) is 65.1 Å². The van der Waals surface area contributed by atoms with Crippen molar-refractivity contribution in [3.8, 4) is 0 Å². The third-order valence-corrected chi connectivity index (χ3v) is 7.16. The summed E-state index contributed by atoms with van der Waals surface area (Å²) >= 11 is 8.28. The fourth-order valence-electron chi connectivity index (χ4n) is 4.25. The van der Waals surface area contributed by atoms with Crippen molar-refractivity contribution in [2.24, 2.45) is 0 Å². The van der Waals surface area contributed by atoms with Gasteiger partial charge >= 0.3 is 0 Å². The quantitative estimate of drug-likeness (QED) is 0.573. The van der Waals surface area contributed by atoms with Gasteiger partial charge in [-0.3, -0.25) is 9.88 Å². The Balaban J connectivity index is 1.43. The number of aromatic nitrogens is 1. The largest absolute Gasteiger partial charge is 0.369 e. The summed E-state index contributed by atoms with van der Waals surface area (Å²) < 4.78 is 0. The smallest absolute Gasteiger partial charge is 0.0410 e. The number of hydrogen-bond acceptors (Lipinski definition) is 4. The average Bonchev–Trinajstić information content (AvgIpc) is 2.91. The standard InChI is InChI=1S/C23H22ClN3S/c24-18-5-6-23-20(16-18)21(15-17-3-1-2-4-22(17)28-23)27-13-11-26(12-14-27)19-7-9-25-10-8-19/h1-10,16,21H,11-15H2.